The molecule has 0 bridgehead atoms. The average molecular weight is 345 g/mol. The van der Waals surface area contributed by atoms with Crippen molar-refractivity contribution in [3.05, 3.63) is 45.0 Å². The van der Waals surface area contributed by atoms with Crippen molar-refractivity contribution < 1.29 is 14.7 Å². The third kappa shape index (κ3) is 3.12. The highest BCUT2D eigenvalue weighted by atomic mass is 79.9. The number of aromatic nitrogens is 2. The molecule has 1 amide bonds. The molecule has 0 aliphatic rings. The summed E-state index contributed by atoms with van der Waals surface area (Å²) in [6.07, 6.45) is 0. The predicted molar refractivity (Wildman–Crippen MR) is 72.7 cm³/mol. The maximum atomic E-state index is 11.9. The fourth-order valence-electron chi connectivity index (χ4n) is 1.32. The predicted octanol–water partition coefficient (Wildman–Crippen LogP) is 2.78. The van der Waals surface area contributed by atoms with Gasteiger partial charge in [-0.1, -0.05) is 11.6 Å². The number of halogens is 2. The summed E-state index contributed by atoms with van der Waals surface area (Å²) in [5, 5.41) is 17.5. The second-order valence-electron chi connectivity index (χ2n) is 3.56. The van der Waals surface area contributed by atoms with Crippen molar-refractivity contribution >= 4 is 45.2 Å². The Morgan fingerprint density at radius 3 is 2.68 bits per heavy atom. The van der Waals surface area contributed by atoms with Crippen molar-refractivity contribution in [2.24, 2.45) is 0 Å². The minimum absolute atomic E-state index is 0.107. The molecule has 2 rings (SSSR count). The van der Waals surface area contributed by atoms with Crippen molar-refractivity contribution in [1.29, 1.82) is 0 Å². The normalized spacial score (nSPS) is 10.2. The molecule has 6 nitrogen and oxygen atoms in total. The Morgan fingerprint density at radius 1 is 1.37 bits per heavy atom. The van der Waals surface area contributed by atoms with Gasteiger partial charge in [-0.2, -0.15) is 5.10 Å². The first-order valence-electron chi connectivity index (χ1n) is 5.02. The maximum Gasteiger partial charge on any atom is 0.353 e. The van der Waals surface area contributed by atoms with Gasteiger partial charge < -0.3 is 10.4 Å². The number of carboxylic acid groups (broad SMARTS) is 1. The van der Waals surface area contributed by atoms with E-state index in [0.717, 1.165) is 0 Å². The third-order valence-electron chi connectivity index (χ3n) is 2.23. The maximum absolute atomic E-state index is 11.9. The number of hydrogen-bond donors (Lipinski definition) is 3. The number of carboxylic acids is 1. The van der Waals surface area contributed by atoms with Gasteiger partial charge in [-0.15, -0.1) is 0 Å². The number of carbonyl (C=O) groups is 2. The Hall–Kier alpha value is -1.86. The van der Waals surface area contributed by atoms with E-state index in [1.807, 2.05) is 0 Å². The Kier molecular flexibility index (Phi) is 3.87. The van der Waals surface area contributed by atoms with Gasteiger partial charge in [-0.05, 0) is 34.1 Å². The van der Waals surface area contributed by atoms with Gasteiger partial charge in [0.25, 0.3) is 5.91 Å². The lowest BCUT2D eigenvalue weighted by Gasteiger charge is -2.03. The van der Waals surface area contributed by atoms with Gasteiger partial charge >= 0.3 is 5.97 Å². The van der Waals surface area contributed by atoms with Gasteiger partial charge in [-0.3, -0.25) is 9.89 Å². The quantitative estimate of drug-likeness (QED) is 0.798. The number of anilines is 1. The van der Waals surface area contributed by atoms with Gasteiger partial charge in [0.2, 0.25) is 0 Å². The van der Waals surface area contributed by atoms with Crippen LogP contribution in [-0.2, 0) is 0 Å². The Balaban J connectivity index is 2.15. The summed E-state index contributed by atoms with van der Waals surface area (Å²) >= 11 is 9.10. The zero-order valence-corrected chi connectivity index (χ0v) is 11.6. The number of H-pyrrole nitrogens is 1. The molecule has 0 unspecified atom stereocenters. The van der Waals surface area contributed by atoms with Crippen molar-refractivity contribution in [2.75, 3.05) is 5.32 Å². The highest BCUT2D eigenvalue weighted by Gasteiger charge is 2.12. The number of hydrogen-bond acceptors (Lipinski definition) is 3. The molecule has 1 aromatic heterocycles. The van der Waals surface area contributed by atoms with Crippen LogP contribution in [-0.4, -0.2) is 27.2 Å². The van der Waals surface area contributed by atoms with Crippen molar-refractivity contribution in [3.8, 4) is 0 Å². The number of benzene rings is 1. The summed E-state index contributed by atoms with van der Waals surface area (Å²) in [7, 11) is 0. The largest absolute Gasteiger partial charge is 0.477 e. The van der Waals surface area contributed by atoms with Crippen LogP contribution in [0.3, 0.4) is 0 Å². The van der Waals surface area contributed by atoms with Crippen molar-refractivity contribution in [1.82, 2.24) is 10.2 Å². The van der Waals surface area contributed by atoms with Crippen LogP contribution < -0.4 is 5.32 Å². The molecule has 0 fully saturated rings. The van der Waals surface area contributed by atoms with E-state index >= 15 is 0 Å². The zero-order valence-electron chi connectivity index (χ0n) is 9.28. The molecule has 0 aliphatic carbocycles. The molecular formula is C11H7BrClN3O3. The fourth-order valence-corrected chi connectivity index (χ4v) is 1.75. The van der Waals surface area contributed by atoms with Crippen LogP contribution in [0, 0.1) is 0 Å². The molecule has 3 N–H and O–H groups in total. The van der Waals surface area contributed by atoms with E-state index in [4.69, 9.17) is 16.7 Å². The Bertz CT molecular complexity index is 656. The minimum atomic E-state index is -1.15. The smallest absolute Gasteiger partial charge is 0.353 e. The molecule has 0 atom stereocenters. The highest BCUT2D eigenvalue weighted by molar-refractivity contribution is 9.10. The molecular weight excluding hydrogens is 337 g/mol. The van der Waals surface area contributed by atoms with Crippen LogP contribution in [0.5, 0.6) is 0 Å². The molecule has 98 valence electrons. The standard InChI is InChI=1S/C11H7BrClN3O3/c12-6-2-1-5(3-7(6)13)10(17)14-9-4-8(11(18)19)15-16-9/h1-4H,(H,18,19)(H2,14,15,16,17). The summed E-state index contributed by atoms with van der Waals surface area (Å²) in [5.74, 6) is -1.46. The number of nitrogens with zero attached hydrogens (tertiary/aromatic N) is 1. The summed E-state index contributed by atoms with van der Waals surface area (Å²) in [4.78, 5) is 22.5. The van der Waals surface area contributed by atoms with Gasteiger partial charge in [0.05, 0.1) is 5.02 Å². The van der Waals surface area contributed by atoms with Crippen LogP contribution in [0.15, 0.2) is 28.7 Å². The third-order valence-corrected chi connectivity index (χ3v) is 3.46. The van der Waals surface area contributed by atoms with Crippen LogP contribution in [0.25, 0.3) is 0 Å². The summed E-state index contributed by atoms with van der Waals surface area (Å²) < 4.78 is 0.679. The molecule has 0 spiro atoms. The van der Waals surface area contributed by atoms with Gasteiger partial charge in [0.1, 0.15) is 5.69 Å². The second-order valence-corrected chi connectivity index (χ2v) is 4.82. The van der Waals surface area contributed by atoms with Gasteiger partial charge in [0, 0.05) is 16.1 Å². The molecule has 0 radical (unpaired) electrons. The van der Waals surface area contributed by atoms with Crippen LogP contribution in [0.1, 0.15) is 20.8 Å². The highest BCUT2D eigenvalue weighted by Crippen LogP contribution is 2.23. The summed E-state index contributed by atoms with van der Waals surface area (Å²) in [5.41, 5.74) is 0.234. The number of amides is 1. The molecule has 8 heteroatoms. The second kappa shape index (κ2) is 5.41. The number of carbonyl (C=O) groups excluding carboxylic acids is 1. The van der Waals surface area contributed by atoms with Crippen molar-refractivity contribution in [2.45, 2.75) is 0 Å². The van der Waals surface area contributed by atoms with Crippen LogP contribution >= 0.6 is 27.5 Å². The van der Waals surface area contributed by atoms with Crippen LogP contribution in [0.2, 0.25) is 5.02 Å². The van der Waals surface area contributed by atoms with Crippen LogP contribution in [0.4, 0.5) is 5.82 Å². The molecule has 19 heavy (non-hydrogen) atoms. The molecule has 0 aliphatic heterocycles. The van der Waals surface area contributed by atoms with E-state index in [1.165, 1.54) is 12.1 Å². The average Bonchev–Trinajstić information content (AvgIpc) is 2.81. The molecule has 1 aromatic carbocycles. The first kappa shape index (κ1) is 13.6. The summed E-state index contributed by atoms with van der Waals surface area (Å²) in [6.45, 7) is 0. The monoisotopic (exact) mass is 343 g/mol. The molecule has 2 aromatic rings. The van der Waals surface area contributed by atoms with E-state index in [-0.39, 0.29) is 11.5 Å². The Labute approximate surface area is 120 Å². The number of rotatable bonds is 3. The van der Waals surface area contributed by atoms with E-state index in [2.05, 4.69) is 31.4 Å². The number of aromatic amines is 1. The lowest BCUT2D eigenvalue weighted by molar-refractivity contribution is 0.0690. The van der Waals surface area contributed by atoms with E-state index in [1.54, 1.807) is 12.1 Å². The minimum Gasteiger partial charge on any atom is -0.477 e. The summed E-state index contributed by atoms with van der Waals surface area (Å²) in [6, 6.07) is 5.94. The Morgan fingerprint density at radius 2 is 2.11 bits per heavy atom. The first-order chi connectivity index (χ1) is 8.97. The van der Waals surface area contributed by atoms with Gasteiger partial charge in [-0.25, -0.2) is 4.79 Å². The molecule has 0 saturated heterocycles. The van der Waals surface area contributed by atoms with E-state index in [9.17, 15) is 9.59 Å². The van der Waals surface area contributed by atoms with Crippen molar-refractivity contribution in [3.63, 3.8) is 0 Å². The topological polar surface area (TPSA) is 95.1 Å². The molecule has 1 heterocycles. The van der Waals surface area contributed by atoms with Gasteiger partial charge in [0.15, 0.2) is 5.82 Å². The SMILES string of the molecule is O=C(Nc1cc(C(=O)O)[nH]n1)c1ccc(Br)c(Cl)c1. The lowest BCUT2D eigenvalue weighted by Crippen LogP contribution is -2.12. The number of aromatic carboxylic acids is 1. The number of nitrogens with one attached hydrogen (secondary N) is 2. The fraction of sp³-hybridized carbons (Fsp3) is 0. The first-order valence-corrected chi connectivity index (χ1v) is 6.19. The van der Waals surface area contributed by atoms with E-state index < -0.39 is 11.9 Å². The lowest BCUT2D eigenvalue weighted by atomic mass is 10.2. The zero-order chi connectivity index (χ0) is 14.0. The molecule has 0 saturated carbocycles. The van der Waals surface area contributed by atoms with E-state index in [0.29, 0.717) is 15.1 Å².